The molecule has 32 heavy (non-hydrogen) atoms. The van der Waals surface area contributed by atoms with Gasteiger partial charge >= 0.3 is 5.97 Å². The van der Waals surface area contributed by atoms with Gasteiger partial charge in [0.2, 0.25) is 10.0 Å². The molecule has 0 bridgehead atoms. The first-order chi connectivity index (χ1) is 15.4. The number of hydrogen-bond donors (Lipinski definition) is 2. The van der Waals surface area contributed by atoms with Crippen LogP contribution < -0.4 is 10.0 Å². The number of amides is 1. The molecule has 0 saturated heterocycles. The molecule has 0 heterocycles. The number of carbonyl (C=O) groups excluding carboxylic acids is 2. The molecule has 0 saturated carbocycles. The summed E-state index contributed by atoms with van der Waals surface area (Å²) < 4.78 is 32.5. The maximum atomic E-state index is 12.7. The molecule has 2 N–H and O–H groups in total. The Morgan fingerprint density at radius 3 is 2.19 bits per heavy atom. The number of rotatable bonds is 9. The monoisotopic (exact) mass is 452 g/mol. The fourth-order valence-corrected chi connectivity index (χ4v) is 4.32. The van der Waals surface area contributed by atoms with Crippen molar-refractivity contribution in [3.05, 3.63) is 101 Å². The number of sulfonamides is 1. The molecule has 3 aromatic carbocycles. The second kappa shape index (κ2) is 10.6. The number of ether oxygens (including phenoxy) is 1. The van der Waals surface area contributed by atoms with Crippen molar-refractivity contribution < 1.29 is 22.7 Å². The molecule has 0 aromatic heterocycles. The number of carbonyl (C=O) groups is 2. The van der Waals surface area contributed by atoms with Crippen LogP contribution in [0.15, 0.2) is 78.9 Å². The average molecular weight is 453 g/mol. The fourth-order valence-electron chi connectivity index (χ4n) is 3.11. The molecule has 7 nitrogen and oxygen atoms in total. The third-order valence-corrected chi connectivity index (χ3v) is 5.96. The molecular formula is C24H24N2O5S. The van der Waals surface area contributed by atoms with Gasteiger partial charge in [0.15, 0.2) is 0 Å². The van der Waals surface area contributed by atoms with Gasteiger partial charge in [-0.05, 0) is 41.8 Å². The molecule has 0 aliphatic carbocycles. The lowest BCUT2D eigenvalue weighted by atomic mass is 10.1. The molecule has 0 radical (unpaired) electrons. The van der Waals surface area contributed by atoms with Crippen LogP contribution in [0.3, 0.4) is 0 Å². The summed E-state index contributed by atoms with van der Waals surface area (Å²) in [7, 11) is -2.51. The molecule has 0 aliphatic heterocycles. The Labute approximate surface area is 187 Å². The summed E-state index contributed by atoms with van der Waals surface area (Å²) in [6.07, 6.45) is 0.669. The van der Waals surface area contributed by atoms with Crippen LogP contribution in [0.5, 0.6) is 0 Å². The van der Waals surface area contributed by atoms with Crippen molar-refractivity contribution >= 4 is 27.6 Å². The number of anilines is 1. The average Bonchev–Trinajstić information content (AvgIpc) is 2.79. The predicted octanol–water partition coefficient (Wildman–Crippen LogP) is 3.39. The summed E-state index contributed by atoms with van der Waals surface area (Å²) in [5.74, 6) is -1.16. The quantitative estimate of drug-likeness (QED) is 0.485. The number of hydrogen-bond acceptors (Lipinski definition) is 5. The van der Waals surface area contributed by atoms with Gasteiger partial charge in [-0.1, -0.05) is 54.6 Å². The van der Waals surface area contributed by atoms with Gasteiger partial charge in [-0.15, -0.1) is 0 Å². The van der Waals surface area contributed by atoms with E-state index in [1.165, 1.54) is 19.2 Å². The number of para-hydroxylation sites is 1. The number of nitrogens with one attached hydrogen (secondary N) is 2. The van der Waals surface area contributed by atoms with Crippen molar-refractivity contribution in [1.29, 1.82) is 0 Å². The molecule has 3 aromatic rings. The lowest BCUT2D eigenvalue weighted by Gasteiger charge is -2.13. The topological polar surface area (TPSA) is 102 Å². The van der Waals surface area contributed by atoms with Crippen LogP contribution >= 0.6 is 0 Å². The minimum absolute atomic E-state index is 0.205. The van der Waals surface area contributed by atoms with Crippen molar-refractivity contribution in [3.63, 3.8) is 0 Å². The highest BCUT2D eigenvalue weighted by molar-refractivity contribution is 7.91. The summed E-state index contributed by atoms with van der Waals surface area (Å²) >= 11 is 0. The second-order valence-electron chi connectivity index (χ2n) is 7.09. The Morgan fingerprint density at radius 1 is 0.844 bits per heavy atom. The van der Waals surface area contributed by atoms with Gasteiger partial charge in [0.1, 0.15) is 0 Å². The molecule has 3 rings (SSSR count). The highest BCUT2D eigenvalue weighted by Crippen LogP contribution is 2.19. The number of methoxy groups -OCH3 is 1. The zero-order valence-electron chi connectivity index (χ0n) is 17.6. The van der Waals surface area contributed by atoms with Gasteiger partial charge in [0.25, 0.3) is 5.91 Å². The Hall–Kier alpha value is -3.65. The summed E-state index contributed by atoms with van der Waals surface area (Å²) in [6, 6.07) is 22.3. The zero-order valence-corrected chi connectivity index (χ0v) is 18.4. The smallest absolute Gasteiger partial charge is 0.337 e. The Kier molecular flexibility index (Phi) is 7.62. The van der Waals surface area contributed by atoms with Crippen molar-refractivity contribution in [1.82, 2.24) is 5.32 Å². The first-order valence-electron chi connectivity index (χ1n) is 9.97. The van der Waals surface area contributed by atoms with Crippen molar-refractivity contribution in [2.24, 2.45) is 0 Å². The third kappa shape index (κ3) is 6.42. The first-order valence-corrected chi connectivity index (χ1v) is 11.6. The van der Waals surface area contributed by atoms with Crippen LogP contribution in [0.25, 0.3) is 0 Å². The molecule has 0 fully saturated rings. The SMILES string of the molecule is COC(=O)c1ccc(CS(=O)(=O)Nc2ccccc2C(=O)NCCc2ccccc2)cc1. The van der Waals surface area contributed by atoms with Crippen LogP contribution in [-0.4, -0.2) is 33.9 Å². The molecular weight excluding hydrogens is 428 g/mol. The van der Waals surface area contributed by atoms with E-state index in [-0.39, 0.29) is 22.9 Å². The standard InChI is InChI=1S/C24H24N2O5S/c1-31-24(28)20-13-11-19(12-14-20)17-32(29,30)26-22-10-6-5-9-21(22)23(27)25-16-15-18-7-3-2-4-8-18/h2-14,26H,15-17H2,1H3,(H,25,27). The molecule has 0 spiro atoms. The van der Waals surface area contributed by atoms with E-state index in [0.717, 1.165) is 5.56 Å². The molecule has 0 unspecified atom stereocenters. The Morgan fingerprint density at radius 2 is 1.50 bits per heavy atom. The summed E-state index contributed by atoms with van der Waals surface area (Å²) in [6.45, 7) is 0.427. The van der Waals surface area contributed by atoms with Crippen molar-refractivity contribution in [2.45, 2.75) is 12.2 Å². The Balaban J connectivity index is 1.65. The Bertz CT molecular complexity index is 1180. The fraction of sp³-hybridized carbons (Fsp3) is 0.167. The highest BCUT2D eigenvalue weighted by Gasteiger charge is 2.17. The predicted molar refractivity (Wildman–Crippen MR) is 123 cm³/mol. The van der Waals surface area contributed by atoms with Crippen LogP contribution in [0, 0.1) is 0 Å². The first kappa shape index (κ1) is 23.0. The van der Waals surface area contributed by atoms with Gasteiger partial charge < -0.3 is 10.1 Å². The summed E-state index contributed by atoms with van der Waals surface area (Å²) in [4.78, 5) is 24.2. The van der Waals surface area contributed by atoms with E-state index < -0.39 is 16.0 Å². The maximum absolute atomic E-state index is 12.7. The van der Waals surface area contributed by atoms with E-state index in [2.05, 4.69) is 14.8 Å². The normalized spacial score (nSPS) is 10.9. The largest absolute Gasteiger partial charge is 0.465 e. The van der Waals surface area contributed by atoms with Crippen molar-refractivity contribution in [3.8, 4) is 0 Å². The van der Waals surface area contributed by atoms with E-state index in [9.17, 15) is 18.0 Å². The molecule has 166 valence electrons. The van der Waals surface area contributed by atoms with Crippen LogP contribution in [0.2, 0.25) is 0 Å². The third-order valence-electron chi connectivity index (χ3n) is 4.71. The number of esters is 1. The van der Waals surface area contributed by atoms with Crippen LogP contribution in [-0.2, 0) is 26.9 Å². The van der Waals surface area contributed by atoms with Gasteiger partial charge in [-0.2, -0.15) is 0 Å². The van der Waals surface area contributed by atoms with E-state index in [1.807, 2.05) is 30.3 Å². The maximum Gasteiger partial charge on any atom is 0.337 e. The molecule has 0 aliphatic rings. The lowest BCUT2D eigenvalue weighted by molar-refractivity contribution is 0.0600. The second-order valence-corrected chi connectivity index (χ2v) is 8.81. The molecule has 1 amide bonds. The minimum atomic E-state index is -3.79. The van der Waals surface area contributed by atoms with Crippen molar-refractivity contribution in [2.75, 3.05) is 18.4 Å². The van der Waals surface area contributed by atoms with Crippen LogP contribution in [0.1, 0.15) is 31.8 Å². The number of benzene rings is 3. The van der Waals surface area contributed by atoms with Crippen LogP contribution in [0.4, 0.5) is 5.69 Å². The van der Waals surface area contributed by atoms with E-state index in [0.29, 0.717) is 24.1 Å². The van der Waals surface area contributed by atoms with Gasteiger partial charge in [-0.25, -0.2) is 13.2 Å². The van der Waals surface area contributed by atoms with Gasteiger partial charge in [-0.3, -0.25) is 9.52 Å². The zero-order chi connectivity index (χ0) is 23.0. The molecule has 0 atom stereocenters. The van der Waals surface area contributed by atoms with Gasteiger partial charge in [0.05, 0.1) is 29.7 Å². The summed E-state index contributed by atoms with van der Waals surface area (Å²) in [5.41, 5.74) is 2.37. The minimum Gasteiger partial charge on any atom is -0.465 e. The molecule has 8 heteroatoms. The highest BCUT2D eigenvalue weighted by atomic mass is 32.2. The van der Waals surface area contributed by atoms with E-state index in [1.54, 1.807) is 36.4 Å². The van der Waals surface area contributed by atoms with E-state index >= 15 is 0 Å². The van der Waals surface area contributed by atoms with E-state index in [4.69, 9.17) is 0 Å². The summed E-state index contributed by atoms with van der Waals surface area (Å²) in [5, 5.41) is 2.83. The van der Waals surface area contributed by atoms with Gasteiger partial charge in [0, 0.05) is 6.54 Å². The lowest BCUT2D eigenvalue weighted by Crippen LogP contribution is -2.27.